The smallest absolute Gasteiger partial charge is 0.244 e. The Labute approximate surface area is 128 Å². The Morgan fingerprint density at radius 2 is 2.19 bits per heavy atom. The zero-order valence-corrected chi connectivity index (χ0v) is 13.4. The molecule has 21 heavy (non-hydrogen) atoms. The number of aryl methyl sites for hydroxylation is 1. The van der Waals surface area contributed by atoms with Crippen molar-refractivity contribution in [2.75, 3.05) is 7.11 Å². The lowest BCUT2D eigenvalue weighted by atomic mass is 10.2. The van der Waals surface area contributed by atoms with E-state index in [2.05, 4.69) is 9.71 Å². The summed E-state index contributed by atoms with van der Waals surface area (Å²) < 4.78 is 32.5. The molecule has 0 spiro atoms. The molecule has 0 aliphatic rings. The molecule has 0 bridgehead atoms. The predicted octanol–water partition coefficient (Wildman–Crippen LogP) is 1.40. The first-order valence-corrected chi connectivity index (χ1v) is 8.54. The normalized spacial score (nSPS) is 11.6. The molecular formula is C13H17N3O3S2. The highest BCUT2D eigenvalue weighted by atomic mass is 32.2. The maximum atomic E-state index is 12.4. The largest absolute Gasteiger partial charge is 0.495 e. The highest BCUT2D eigenvalue weighted by molar-refractivity contribution is 7.89. The van der Waals surface area contributed by atoms with Crippen LogP contribution in [0.3, 0.4) is 0 Å². The molecule has 2 rings (SSSR count). The van der Waals surface area contributed by atoms with Gasteiger partial charge in [0, 0.05) is 17.6 Å². The van der Waals surface area contributed by atoms with E-state index in [9.17, 15) is 8.42 Å². The van der Waals surface area contributed by atoms with Crippen LogP contribution in [0, 0.1) is 6.92 Å². The van der Waals surface area contributed by atoms with Crippen LogP contribution in [-0.2, 0) is 23.1 Å². The summed E-state index contributed by atoms with van der Waals surface area (Å²) in [7, 11) is -2.26. The second-order valence-electron chi connectivity index (χ2n) is 4.38. The first kappa shape index (κ1) is 15.9. The molecule has 0 atom stereocenters. The van der Waals surface area contributed by atoms with E-state index in [0.717, 1.165) is 10.4 Å². The summed E-state index contributed by atoms with van der Waals surface area (Å²) in [6, 6.07) is 4.86. The van der Waals surface area contributed by atoms with Crippen molar-refractivity contribution in [2.24, 2.45) is 5.73 Å². The van der Waals surface area contributed by atoms with E-state index in [-0.39, 0.29) is 23.7 Å². The van der Waals surface area contributed by atoms with Crippen molar-refractivity contribution < 1.29 is 13.2 Å². The molecule has 0 radical (unpaired) electrons. The Hall–Kier alpha value is -1.48. The number of thiazole rings is 1. The third-order valence-corrected chi connectivity index (χ3v) is 5.17. The molecule has 3 N–H and O–H groups in total. The molecule has 2 aromatic rings. The van der Waals surface area contributed by atoms with Gasteiger partial charge in [-0.2, -0.15) is 0 Å². The van der Waals surface area contributed by atoms with E-state index in [1.54, 1.807) is 18.3 Å². The van der Waals surface area contributed by atoms with Gasteiger partial charge in [-0.05, 0) is 24.6 Å². The van der Waals surface area contributed by atoms with Gasteiger partial charge in [-0.3, -0.25) is 0 Å². The number of hydrogen-bond acceptors (Lipinski definition) is 6. The van der Waals surface area contributed by atoms with Crippen LogP contribution < -0.4 is 15.2 Å². The standard InChI is InChI=1S/C13H17N3O3S2/c1-9-7-15-13(20-9)8-16-21(17,18)12-5-10(6-14)3-4-11(12)19-2/h3-5,7,16H,6,8,14H2,1-2H3. The van der Waals surface area contributed by atoms with Crippen molar-refractivity contribution in [3.8, 4) is 5.75 Å². The van der Waals surface area contributed by atoms with Crippen molar-refractivity contribution in [1.29, 1.82) is 0 Å². The third kappa shape index (κ3) is 3.79. The number of rotatable bonds is 6. The van der Waals surface area contributed by atoms with Gasteiger partial charge >= 0.3 is 0 Å². The van der Waals surface area contributed by atoms with E-state index < -0.39 is 10.0 Å². The molecular weight excluding hydrogens is 310 g/mol. The predicted molar refractivity (Wildman–Crippen MR) is 81.8 cm³/mol. The zero-order valence-electron chi connectivity index (χ0n) is 11.8. The SMILES string of the molecule is COc1ccc(CN)cc1S(=O)(=O)NCc1ncc(C)s1. The van der Waals surface area contributed by atoms with Gasteiger partial charge in [-0.25, -0.2) is 18.1 Å². The number of nitrogens with two attached hydrogens (primary N) is 1. The van der Waals surface area contributed by atoms with Gasteiger partial charge in [0.05, 0.1) is 13.7 Å². The Morgan fingerprint density at radius 1 is 1.43 bits per heavy atom. The summed E-state index contributed by atoms with van der Waals surface area (Å²) in [5.74, 6) is 0.287. The Kier molecular flexibility index (Phi) is 4.94. The van der Waals surface area contributed by atoms with Crippen LogP contribution >= 0.6 is 11.3 Å². The van der Waals surface area contributed by atoms with E-state index >= 15 is 0 Å². The monoisotopic (exact) mass is 327 g/mol. The fourth-order valence-electron chi connectivity index (χ4n) is 1.78. The van der Waals surface area contributed by atoms with Crippen molar-refractivity contribution in [1.82, 2.24) is 9.71 Å². The van der Waals surface area contributed by atoms with Crippen molar-refractivity contribution in [3.05, 3.63) is 39.8 Å². The molecule has 0 amide bonds. The van der Waals surface area contributed by atoms with E-state index in [4.69, 9.17) is 10.5 Å². The number of nitrogens with zero attached hydrogens (tertiary/aromatic N) is 1. The third-order valence-electron chi connectivity index (χ3n) is 2.84. The van der Waals surface area contributed by atoms with E-state index in [0.29, 0.717) is 5.01 Å². The van der Waals surface area contributed by atoms with Crippen LogP contribution in [-0.4, -0.2) is 20.5 Å². The summed E-state index contributed by atoms with van der Waals surface area (Å²) in [6.45, 7) is 2.33. The average molecular weight is 327 g/mol. The van der Waals surface area contributed by atoms with E-state index in [1.165, 1.54) is 24.5 Å². The minimum Gasteiger partial charge on any atom is -0.495 e. The van der Waals surface area contributed by atoms with Gasteiger partial charge in [-0.15, -0.1) is 11.3 Å². The molecule has 8 heteroatoms. The van der Waals surface area contributed by atoms with E-state index in [1.807, 2.05) is 6.92 Å². The molecule has 1 aromatic heterocycles. The maximum Gasteiger partial charge on any atom is 0.244 e. The van der Waals surface area contributed by atoms with Gasteiger partial charge in [0.1, 0.15) is 15.7 Å². The van der Waals surface area contributed by atoms with Crippen LogP contribution in [0.25, 0.3) is 0 Å². The molecule has 114 valence electrons. The zero-order chi connectivity index (χ0) is 15.5. The number of hydrogen-bond donors (Lipinski definition) is 2. The number of methoxy groups -OCH3 is 1. The minimum absolute atomic E-state index is 0.0845. The minimum atomic E-state index is -3.69. The summed E-state index contributed by atoms with van der Waals surface area (Å²) in [5.41, 5.74) is 6.28. The summed E-state index contributed by atoms with van der Waals surface area (Å²) >= 11 is 1.45. The van der Waals surface area contributed by atoms with Gasteiger partial charge in [0.25, 0.3) is 0 Å². The van der Waals surface area contributed by atoms with Crippen molar-refractivity contribution in [2.45, 2.75) is 24.9 Å². The lowest BCUT2D eigenvalue weighted by Crippen LogP contribution is -2.24. The molecule has 0 unspecified atom stereocenters. The molecule has 1 heterocycles. The first-order chi connectivity index (χ1) is 9.96. The highest BCUT2D eigenvalue weighted by Gasteiger charge is 2.20. The highest BCUT2D eigenvalue weighted by Crippen LogP contribution is 2.25. The van der Waals surface area contributed by atoms with Gasteiger partial charge < -0.3 is 10.5 Å². The first-order valence-electron chi connectivity index (χ1n) is 6.24. The number of sulfonamides is 1. The van der Waals surface area contributed by atoms with Crippen molar-refractivity contribution >= 4 is 21.4 Å². The van der Waals surface area contributed by atoms with Gasteiger partial charge in [0.15, 0.2) is 0 Å². The summed E-state index contributed by atoms with van der Waals surface area (Å²) in [6.07, 6.45) is 1.71. The van der Waals surface area contributed by atoms with Gasteiger partial charge in [-0.1, -0.05) is 6.07 Å². The van der Waals surface area contributed by atoms with Gasteiger partial charge in [0.2, 0.25) is 10.0 Å². The molecule has 0 saturated carbocycles. The summed E-state index contributed by atoms with van der Waals surface area (Å²) in [4.78, 5) is 5.25. The maximum absolute atomic E-state index is 12.4. The average Bonchev–Trinajstić information content (AvgIpc) is 2.90. The second kappa shape index (κ2) is 6.52. The second-order valence-corrected chi connectivity index (χ2v) is 7.43. The molecule has 0 aliphatic heterocycles. The topological polar surface area (TPSA) is 94.3 Å². The number of aromatic nitrogens is 1. The number of ether oxygens (including phenoxy) is 1. The van der Waals surface area contributed by atoms with Crippen LogP contribution in [0.5, 0.6) is 5.75 Å². The number of benzene rings is 1. The fraction of sp³-hybridized carbons (Fsp3) is 0.308. The molecule has 0 fully saturated rings. The fourth-order valence-corrected chi connectivity index (χ4v) is 3.80. The molecule has 0 aliphatic carbocycles. The lowest BCUT2D eigenvalue weighted by Gasteiger charge is -2.11. The lowest BCUT2D eigenvalue weighted by molar-refractivity contribution is 0.402. The summed E-state index contributed by atoms with van der Waals surface area (Å²) in [5, 5.41) is 0.713. The van der Waals surface area contributed by atoms with Crippen LogP contribution in [0.1, 0.15) is 15.4 Å². The van der Waals surface area contributed by atoms with Crippen LogP contribution in [0.2, 0.25) is 0 Å². The number of nitrogens with one attached hydrogen (secondary N) is 1. The van der Waals surface area contributed by atoms with Crippen LogP contribution in [0.4, 0.5) is 0 Å². The Morgan fingerprint density at radius 3 is 2.76 bits per heavy atom. The molecule has 1 aromatic carbocycles. The quantitative estimate of drug-likeness (QED) is 0.836. The Bertz CT molecular complexity index is 726. The molecule has 0 saturated heterocycles. The Balaban J connectivity index is 2.26. The van der Waals surface area contributed by atoms with Crippen LogP contribution in [0.15, 0.2) is 29.3 Å². The molecule has 6 nitrogen and oxygen atoms in total. The van der Waals surface area contributed by atoms with Crippen molar-refractivity contribution in [3.63, 3.8) is 0 Å².